The Morgan fingerprint density at radius 3 is 2.39 bits per heavy atom. The summed E-state index contributed by atoms with van der Waals surface area (Å²) < 4.78 is 33.3. The lowest BCUT2D eigenvalue weighted by molar-refractivity contribution is -0.114. The van der Waals surface area contributed by atoms with E-state index in [2.05, 4.69) is 10.0 Å². The smallest absolute Gasteiger partial charge is 0.261 e. The van der Waals surface area contributed by atoms with Gasteiger partial charge in [-0.25, -0.2) is 8.42 Å². The number of anilines is 2. The molecule has 4 rings (SSSR count). The number of amides is 3. The predicted octanol–water partition coefficient (Wildman–Crippen LogP) is 2.22. The van der Waals surface area contributed by atoms with Gasteiger partial charge in [0.1, 0.15) is 0 Å². The Bertz CT molecular complexity index is 1150. The molecule has 3 amide bonds. The highest BCUT2D eigenvalue weighted by Crippen LogP contribution is 2.28. The van der Waals surface area contributed by atoms with E-state index < -0.39 is 21.8 Å². The number of hydrogen-bond donors (Lipinski definition) is 2. The van der Waals surface area contributed by atoms with Gasteiger partial charge in [0, 0.05) is 24.9 Å². The fourth-order valence-electron chi connectivity index (χ4n) is 3.65. The van der Waals surface area contributed by atoms with E-state index >= 15 is 0 Å². The molecule has 0 saturated carbocycles. The van der Waals surface area contributed by atoms with Crippen molar-refractivity contribution in [3.05, 3.63) is 53.6 Å². The third-order valence-corrected chi connectivity index (χ3v) is 6.52. The molecule has 0 aromatic heterocycles. The summed E-state index contributed by atoms with van der Waals surface area (Å²) in [5.41, 5.74) is 1.04. The van der Waals surface area contributed by atoms with Gasteiger partial charge in [-0.2, -0.15) is 0 Å². The van der Waals surface area contributed by atoms with Crippen LogP contribution < -0.4 is 10.0 Å². The molecule has 2 aliphatic heterocycles. The first-order valence-electron chi connectivity index (χ1n) is 9.77. The van der Waals surface area contributed by atoms with Gasteiger partial charge in [0.15, 0.2) is 0 Å². The number of carbonyl (C=O) groups excluding carboxylic acids is 3. The normalized spacial score (nSPS) is 18.2. The van der Waals surface area contributed by atoms with E-state index in [0.717, 1.165) is 17.7 Å². The Labute approximate surface area is 179 Å². The SMILES string of the molecule is CC(=O)Nc1ccc(S(=O)(=O)Nc2ccc3c(c2)C(=O)N(CC2CCCO2)C3=O)cc1. The van der Waals surface area contributed by atoms with Gasteiger partial charge in [0.05, 0.1) is 28.7 Å². The number of nitrogens with one attached hydrogen (secondary N) is 2. The Hall–Kier alpha value is -3.24. The zero-order valence-electron chi connectivity index (χ0n) is 16.8. The summed E-state index contributed by atoms with van der Waals surface area (Å²) in [4.78, 5) is 37.6. The minimum Gasteiger partial charge on any atom is -0.376 e. The number of sulfonamides is 1. The van der Waals surface area contributed by atoms with Crippen molar-refractivity contribution in [2.45, 2.75) is 30.8 Å². The predicted molar refractivity (Wildman–Crippen MR) is 112 cm³/mol. The lowest BCUT2D eigenvalue weighted by Crippen LogP contribution is -2.36. The van der Waals surface area contributed by atoms with Crippen LogP contribution in [0.25, 0.3) is 0 Å². The van der Waals surface area contributed by atoms with Gasteiger partial charge in [-0.05, 0) is 55.3 Å². The van der Waals surface area contributed by atoms with Crippen LogP contribution in [0.5, 0.6) is 0 Å². The average molecular weight is 443 g/mol. The molecule has 162 valence electrons. The van der Waals surface area contributed by atoms with Crippen LogP contribution in [0.4, 0.5) is 11.4 Å². The third kappa shape index (κ3) is 4.30. The molecule has 0 radical (unpaired) electrons. The van der Waals surface area contributed by atoms with Crippen molar-refractivity contribution in [1.82, 2.24) is 4.90 Å². The number of ether oxygens (including phenoxy) is 1. The Balaban J connectivity index is 1.52. The minimum atomic E-state index is -3.93. The molecule has 0 spiro atoms. The molecule has 2 aliphatic rings. The fourth-order valence-corrected chi connectivity index (χ4v) is 4.70. The van der Waals surface area contributed by atoms with Crippen molar-refractivity contribution in [2.24, 2.45) is 0 Å². The van der Waals surface area contributed by atoms with Crippen LogP contribution in [0, 0.1) is 0 Å². The fraction of sp³-hybridized carbons (Fsp3) is 0.286. The van der Waals surface area contributed by atoms with Gasteiger partial charge < -0.3 is 10.1 Å². The summed E-state index contributed by atoms with van der Waals surface area (Å²) in [7, 11) is -3.93. The first-order valence-corrected chi connectivity index (χ1v) is 11.3. The quantitative estimate of drug-likeness (QED) is 0.660. The monoisotopic (exact) mass is 443 g/mol. The summed E-state index contributed by atoms with van der Waals surface area (Å²) in [5, 5.41) is 2.56. The second-order valence-electron chi connectivity index (χ2n) is 7.43. The minimum absolute atomic E-state index is 0.00971. The molecule has 31 heavy (non-hydrogen) atoms. The lowest BCUT2D eigenvalue weighted by atomic mass is 10.1. The largest absolute Gasteiger partial charge is 0.376 e. The molecule has 1 unspecified atom stereocenters. The molecule has 10 heteroatoms. The molecular weight excluding hydrogens is 422 g/mol. The summed E-state index contributed by atoms with van der Waals surface area (Å²) in [5.74, 6) is -1.13. The zero-order chi connectivity index (χ0) is 22.2. The van der Waals surface area contributed by atoms with E-state index in [1.807, 2.05) is 0 Å². The van der Waals surface area contributed by atoms with Gasteiger partial charge >= 0.3 is 0 Å². The molecule has 1 fully saturated rings. The van der Waals surface area contributed by atoms with E-state index in [9.17, 15) is 22.8 Å². The Morgan fingerprint density at radius 2 is 1.74 bits per heavy atom. The van der Waals surface area contributed by atoms with E-state index in [1.165, 1.54) is 49.4 Å². The van der Waals surface area contributed by atoms with Crippen LogP contribution in [0.3, 0.4) is 0 Å². The van der Waals surface area contributed by atoms with Crippen LogP contribution >= 0.6 is 0 Å². The molecule has 9 nitrogen and oxygen atoms in total. The van der Waals surface area contributed by atoms with Crippen molar-refractivity contribution in [3.8, 4) is 0 Å². The summed E-state index contributed by atoms with van der Waals surface area (Å²) in [6, 6.07) is 9.94. The molecule has 2 N–H and O–H groups in total. The molecular formula is C21H21N3O6S. The highest BCUT2D eigenvalue weighted by atomic mass is 32.2. The molecule has 0 bridgehead atoms. The number of nitrogens with zero attached hydrogens (tertiary/aromatic N) is 1. The zero-order valence-corrected chi connectivity index (χ0v) is 17.6. The summed E-state index contributed by atoms with van der Waals surface area (Å²) in [6.45, 7) is 2.16. The maximum Gasteiger partial charge on any atom is 0.261 e. The van der Waals surface area contributed by atoms with E-state index in [4.69, 9.17) is 4.74 Å². The maximum absolute atomic E-state index is 12.7. The second kappa shape index (κ2) is 8.12. The van der Waals surface area contributed by atoms with Gasteiger partial charge in [-0.3, -0.25) is 24.0 Å². The number of benzene rings is 2. The van der Waals surface area contributed by atoms with Crippen molar-refractivity contribution < 1.29 is 27.5 Å². The van der Waals surface area contributed by atoms with Gasteiger partial charge in [-0.15, -0.1) is 0 Å². The Morgan fingerprint density at radius 1 is 1.06 bits per heavy atom. The lowest BCUT2D eigenvalue weighted by Gasteiger charge is -2.17. The van der Waals surface area contributed by atoms with Crippen LogP contribution in [0.1, 0.15) is 40.5 Å². The van der Waals surface area contributed by atoms with Gasteiger partial charge in [0.25, 0.3) is 21.8 Å². The van der Waals surface area contributed by atoms with Crippen LogP contribution in [-0.2, 0) is 19.6 Å². The van der Waals surface area contributed by atoms with Gasteiger partial charge in [0.2, 0.25) is 5.91 Å². The van der Waals surface area contributed by atoms with E-state index in [1.54, 1.807) is 0 Å². The van der Waals surface area contributed by atoms with Crippen molar-refractivity contribution in [3.63, 3.8) is 0 Å². The van der Waals surface area contributed by atoms with Crippen molar-refractivity contribution >= 4 is 39.1 Å². The number of rotatable bonds is 6. The highest BCUT2D eigenvalue weighted by molar-refractivity contribution is 7.92. The number of hydrogen-bond acceptors (Lipinski definition) is 6. The van der Waals surface area contributed by atoms with Crippen molar-refractivity contribution in [1.29, 1.82) is 0 Å². The second-order valence-corrected chi connectivity index (χ2v) is 9.11. The molecule has 1 saturated heterocycles. The molecule has 2 heterocycles. The maximum atomic E-state index is 12.7. The van der Waals surface area contributed by atoms with Crippen LogP contribution in [0.2, 0.25) is 0 Å². The van der Waals surface area contributed by atoms with Crippen LogP contribution in [-0.4, -0.2) is 50.3 Å². The standard InChI is InChI=1S/C21H21N3O6S/c1-13(25)22-14-4-7-17(8-5-14)31(28,29)23-15-6-9-18-19(11-15)21(27)24(20(18)26)12-16-3-2-10-30-16/h4-9,11,16,23H,2-3,10,12H2,1H3,(H,22,25). The molecule has 2 aromatic carbocycles. The summed E-state index contributed by atoms with van der Waals surface area (Å²) >= 11 is 0. The topological polar surface area (TPSA) is 122 Å². The molecule has 2 aromatic rings. The number of imide groups is 1. The summed E-state index contributed by atoms with van der Waals surface area (Å²) in [6.07, 6.45) is 1.52. The van der Waals surface area contributed by atoms with Gasteiger partial charge in [-0.1, -0.05) is 0 Å². The molecule has 1 atom stereocenters. The van der Waals surface area contributed by atoms with Crippen LogP contribution in [0.15, 0.2) is 47.4 Å². The van der Waals surface area contributed by atoms with E-state index in [0.29, 0.717) is 12.3 Å². The van der Waals surface area contributed by atoms with E-state index in [-0.39, 0.29) is 40.3 Å². The average Bonchev–Trinajstić information content (AvgIpc) is 3.31. The number of carbonyl (C=O) groups is 3. The highest BCUT2D eigenvalue weighted by Gasteiger charge is 2.37. The first-order chi connectivity index (χ1) is 14.7. The molecule has 0 aliphatic carbocycles. The third-order valence-electron chi connectivity index (χ3n) is 5.12. The first kappa shape index (κ1) is 21.0. The van der Waals surface area contributed by atoms with Crippen molar-refractivity contribution in [2.75, 3.05) is 23.2 Å². The Kier molecular flexibility index (Phi) is 5.50. The number of fused-ring (bicyclic) bond motifs is 1.